The number of carboxylic acids is 1. The molecular weight excluding hydrogens is 266 g/mol. The Morgan fingerprint density at radius 2 is 2.05 bits per heavy atom. The number of hydrogen-bond donors (Lipinski definition) is 1. The van der Waals surface area contributed by atoms with E-state index in [-0.39, 0.29) is 0 Å². The molecule has 114 valence electrons. The molecule has 0 unspecified atom stereocenters. The number of nitrogens with zero attached hydrogens (tertiary/aromatic N) is 1. The maximum absolute atomic E-state index is 11.1. The highest BCUT2D eigenvalue weighted by atomic mass is 16.5. The van der Waals surface area contributed by atoms with Gasteiger partial charge in [-0.3, -0.25) is 4.79 Å². The van der Waals surface area contributed by atoms with E-state index in [0.29, 0.717) is 6.42 Å². The minimum Gasteiger partial charge on any atom is -0.497 e. The van der Waals surface area contributed by atoms with E-state index < -0.39 is 11.4 Å². The molecule has 1 aromatic heterocycles. The van der Waals surface area contributed by atoms with Crippen molar-refractivity contribution in [2.45, 2.75) is 39.7 Å². The summed E-state index contributed by atoms with van der Waals surface area (Å²) in [7, 11) is 1.67. The minimum atomic E-state index is -0.721. The van der Waals surface area contributed by atoms with Crippen LogP contribution in [0.1, 0.15) is 33.1 Å². The predicted molar refractivity (Wildman–Crippen MR) is 83.8 cm³/mol. The summed E-state index contributed by atoms with van der Waals surface area (Å²) in [5, 5.41) is 10.3. The summed E-state index contributed by atoms with van der Waals surface area (Å²) >= 11 is 0. The predicted octanol–water partition coefficient (Wildman–Crippen LogP) is 3.93. The van der Waals surface area contributed by atoms with E-state index in [1.165, 1.54) is 10.9 Å². The van der Waals surface area contributed by atoms with Gasteiger partial charge in [-0.05, 0) is 51.0 Å². The van der Waals surface area contributed by atoms with Crippen LogP contribution in [0.15, 0.2) is 30.5 Å². The number of ether oxygens (including phenoxy) is 1. The Hall–Kier alpha value is -1.97. The first-order valence-corrected chi connectivity index (χ1v) is 7.30. The highest BCUT2D eigenvalue weighted by Gasteiger charge is 2.25. The number of aliphatic carboxylic acids is 1. The molecular formula is C17H23NO3. The van der Waals surface area contributed by atoms with Gasteiger partial charge in [0.1, 0.15) is 5.75 Å². The first-order chi connectivity index (χ1) is 9.94. The van der Waals surface area contributed by atoms with Gasteiger partial charge in [-0.15, -0.1) is 0 Å². The number of carboxylic acid groups (broad SMARTS) is 1. The van der Waals surface area contributed by atoms with Gasteiger partial charge in [-0.1, -0.05) is 6.42 Å². The van der Waals surface area contributed by atoms with E-state index in [4.69, 9.17) is 9.84 Å². The Labute approximate surface area is 125 Å². The molecule has 1 N–H and O–H groups in total. The number of methoxy groups -OCH3 is 1. The van der Waals surface area contributed by atoms with Crippen molar-refractivity contribution in [1.82, 2.24) is 4.57 Å². The van der Waals surface area contributed by atoms with Crippen molar-refractivity contribution in [3.05, 3.63) is 30.5 Å². The monoisotopic (exact) mass is 289 g/mol. The zero-order valence-corrected chi connectivity index (χ0v) is 12.9. The number of benzene rings is 1. The number of fused-ring (bicyclic) bond motifs is 1. The summed E-state index contributed by atoms with van der Waals surface area (Å²) in [4.78, 5) is 11.1. The van der Waals surface area contributed by atoms with Crippen molar-refractivity contribution in [1.29, 1.82) is 0 Å². The molecule has 0 aliphatic carbocycles. The van der Waals surface area contributed by atoms with Crippen LogP contribution in [0.4, 0.5) is 0 Å². The van der Waals surface area contributed by atoms with Crippen molar-refractivity contribution in [2.24, 2.45) is 5.41 Å². The third-order valence-corrected chi connectivity index (χ3v) is 4.01. The number of aromatic nitrogens is 1. The third kappa shape index (κ3) is 3.57. The molecule has 0 aliphatic heterocycles. The summed E-state index contributed by atoms with van der Waals surface area (Å²) in [6, 6.07) is 8.14. The second-order valence-electron chi connectivity index (χ2n) is 6.08. The lowest BCUT2D eigenvalue weighted by Crippen LogP contribution is -2.23. The van der Waals surface area contributed by atoms with Crippen LogP contribution < -0.4 is 4.74 Å². The van der Waals surface area contributed by atoms with Gasteiger partial charge in [0.25, 0.3) is 0 Å². The highest BCUT2D eigenvalue weighted by Crippen LogP contribution is 2.25. The van der Waals surface area contributed by atoms with Crippen LogP contribution in [0.25, 0.3) is 10.9 Å². The van der Waals surface area contributed by atoms with Crippen molar-refractivity contribution in [2.75, 3.05) is 7.11 Å². The Kier molecular flexibility index (Phi) is 4.56. The smallest absolute Gasteiger partial charge is 0.309 e. The average molecular weight is 289 g/mol. The van der Waals surface area contributed by atoms with E-state index in [2.05, 4.69) is 22.9 Å². The average Bonchev–Trinajstić information content (AvgIpc) is 2.85. The van der Waals surface area contributed by atoms with Crippen LogP contribution in [0.2, 0.25) is 0 Å². The van der Waals surface area contributed by atoms with Gasteiger partial charge in [-0.2, -0.15) is 0 Å². The molecule has 1 aromatic carbocycles. The lowest BCUT2D eigenvalue weighted by molar-refractivity contribution is -0.147. The summed E-state index contributed by atoms with van der Waals surface area (Å²) in [5.41, 5.74) is 0.555. The van der Waals surface area contributed by atoms with Gasteiger partial charge in [0, 0.05) is 23.6 Å². The number of unbranched alkanes of at least 4 members (excludes halogenated alkanes) is 1. The van der Waals surface area contributed by atoms with E-state index in [9.17, 15) is 4.79 Å². The normalized spacial score (nSPS) is 11.8. The largest absolute Gasteiger partial charge is 0.497 e. The molecule has 0 saturated carbocycles. The Morgan fingerprint density at radius 1 is 1.29 bits per heavy atom. The SMILES string of the molecule is COc1ccc2c(ccn2CCCCC(C)(C)C(=O)O)c1. The number of hydrogen-bond acceptors (Lipinski definition) is 2. The van der Waals surface area contributed by atoms with Crippen molar-refractivity contribution in [3.8, 4) is 5.75 Å². The Morgan fingerprint density at radius 3 is 2.71 bits per heavy atom. The summed E-state index contributed by atoms with van der Waals surface area (Å²) in [6.45, 7) is 4.48. The van der Waals surface area contributed by atoms with Gasteiger partial charge in [0.05, 0.1) is 12.5 Å². The molecule has 4 nitrogen and oxygen atoms in total. The van der Waals surface area contributed by atoms with Gasteiger partial charge in [0.2, 0.25) is 0 Å². The molecule has 0 saturated heterocycles. The molecule has 21 heavy (non-hydrogen) atoms. The van der Waals surface area contributed by atoms with E-state index in [1.54, 1.807) is 21.0 Å². The van der Waals surface area contributed by atoms with Crippen LogP contribution in [0, 0.1) is 5.41 Å². The number of aryl methyl sites for hydroxylation is 1. The standard InChI is InChI=1S/C17H23NO3/c1-17(2,16(19)20)9-4-5-10-18-11-8-13-12-14(21-3)6-7-15(13)18/h6-8,11-12H,4-5,9-10H2,1-3H3,(H,19,20). The van der Waals surface area contributed by atoms with Crippen LogP contribution in [0.5, 0.6) is 5.75 Å². The van der Waals surface area contributed by atoms with E-state index in [1.807, 2.05) is 12.1 Å². The Balaban J connectivity index is 1.94. The molecule has 2 aromatic rings. The zero-order chi connectivity index (χ0) is 15.5. The molecule has 0 aliphatic rings. The molecule has 4 heteroatoms. The second-order valence-corrected chi connectivity index (χ2v) is 6.08. The molecule has 0 bridgehead atoms. The fourth-order valence-electron chi connectivity index (χ4n) is 2.46. The first-order valence-electron chi connectivity index (χ1n) is 7.30. The fraction of sp³-hybridized carbons (Fsp3) is 0.471. The van der Waals surface area contributed by atoms with Gasteiger partial charge >= 0.3 is 5.97 Å². The molecule has 0 spiro atoms. The lowest BCUT2D eigenvalue weighted by atomic mass is 9.87. The summed E-state index contributed by atoms with van der Waals surface area (Å²) in [5.74, 6) is 0.143. The van der Waals surface area contributed by atoms with Crippen LogP contribution in [-0.4, -0.2) is 22.8 Å². The molecule has 0 radical (unpaired) electrons. The molecule has 1 heterocycles. The molecule has 0 amide bonds. The van der Waals surface area contributed by atoms with Crippen LogP contribution >= 0.6 is 0 Å². The highest BCUT2D eigenvalue weighted by molar-refractivity contribution is 5.81. The lowest BCUT2D eigenvalue weighted by Gasteiger charge is -2.18. The third-order valence-electron chi connectivity index (χ3n) is 4.01. The number of rotatable bonds is 7. The summed E-state index contributed by atoms with van der Waals surface area (Å²) < 4.78 is 7.44. The molecule has 2 rings (SSSR count). The van der Waals surface area contributed by atoms with Crippen molar-refractivity contribution in [3.63, 3.8) is 0 Å². The quantitative estimate of drug-likeness (QED) is 0.786. The van der Waals surface area contributed by atoms with E-state index >= 15 is 0 Å². The van der Waals surface area contributed by atoms with Crippen molar-refractivity contribution >= 4 is 16.9 Å². The molecule has 0 atom stereocenters. The Bertz CT molecular complexity index is 628. The number of carbonyl (C=O) groups is 1. The topological polar surface area (TPSA) is 51.5 Å². The zero-order valence-electron chi connectivity index (χ0n) is 12.9. The fourth-order valence-corrected chi connectivity index (χ4v) is 2.46. The molecule has 0 fully saturated rings. The van der Waals surface area contributed by atoms with Gasteiger partial charge < -0.3 is 14.4 Å². The van der Waals surface area contributed by atoms with Gasteiger partial charge in [0.15, 0.2) is 0 Å². The second kappa shape index (κ2) is 6.20. The van der Waals surface area contributed by atoms with E-state index in [0.717, 1.165) is 25.1 Å². The van der Waals surface area contributed by atoms with Crippen LogP contribution in [-0.2, 0) is 11.3 Å². The van der Waals surface area contributed by atoms with Crippen LogP contribution in [0.3, 0.4) is 0 Å². The van der Waals surface area contributed by atoms with Gasteiger partial charge in [-0.25, -0.2) is 0 Å². The first kappa shape index (κ1) is 15.4. The minimum absolute atomic E-state index is 0.633. The van der Waals surface area contributed by atoms with Crippen molar-refractivity contribution < 1.29 is 14.6 Å². The maximum Gasteiger partial charge on any atom is 0.309 e. The maximum atomic E-state index is 11.1. The summed E-state index contributed by atoms with van der Waals surface area (Å²) in [6.07, 6.45) is 4.67.